The van der Waals surface area contributed by atoms with Gasteiger partial charge in [0.25, 0.3) is 0 Å². The van der Waals surface area contributed by atoms with Crippen LogP contribution in [0.3, 0.4) is 0 Å². The molecule has 0 aromatic heterocycles. The normalized spacial score (nSPS) is 14.1. The fraction of sp³-hybridized carbons (Fsp3) is 0.333. The molecule has 0 aliphatic carbocycles. The van der Waals surface area contributed by atoms with E-state index >= 15 is 0 Å². The number of aryl methyl sites for hydroxylation is 1. The van der Waals surface area contributed by atoms with Crippen molar-refractivity contribution in [3.05, 3.63) is 71.3 Å². The summed E-state index contributed by atoms with van der Waals surface area (Å²) in [7, 11) is 0. The van der Waals surface area contributed by atoms with Gasteiger partial charge in [0.2, 0.25) is 0 Å². The van der Waals surface area contributed by atoms with Gasteiger partial charge < -0.3 is 5.73 Å². The lowest BCUT2D eigenvalue weighted by atomic mass is 9.73. The first kappa shape index (κ1) is 13.8. The van der Waals surface area contributed by atoms with Crippen LogP contribution in [0.25, 0.3) is 0 Å². The molecule has 1 unspecified atom stereocenters. The molecule has 1 nitrogen and oxygen atoms in total. The highest BCUT2D eigenvalue weighted by atomic mass is 14.6. The first-order valence-electron chi connectivity index (χ1n) is 7.01. The average Bonchev–Trinajstić information content (AvgIpc) is 2.46. The molecule has 0 heterocycles. The van der Waals surface area contributed by atoms with Crippen molar-refractivity contribution < 1.29 is 0 Å². The molecule has 2 aromatic rings. The van der Waals surface area contributed by atoms with Crippen molar-refractivity contribution in [2.45, 2.75) is 32.1 Å². The number of hydrogen-bond donors (Lipinski definition) is 1. The van der Waals surface area contributed by atoms with E-state index in [1.54, 1.807) is 0 Å². The van der Waals surface area contributed by atoms with Crippen molar-refractivity contribution >= 4 is 0 Å². The summed E-state index contributed by atoms with van der Waals surface area (Å²) < 4.78 is 0. The topological polar surface area (TPSA) is 26.0 Å². The standard InChI is InChI=1S/C18H23N/c1-3-18(14-19,17-10-5-4-6-11-17)13-16-9-7-8-15(2)12-16/h4-12H,3,13-14,19H2,1-2H3. The fourth-order valence-corrected chi connectivity index (χ4v) is 2.77. The molecule has 0 amide bonds. The third-order valence-electron chi connectivity index (χ3n) is 4.08. The second-order valence-corrected chi connectivity index (χ2v) is 5.37. The third kappa shape index (κ3) is 3.05. The lowest BCUT2D eigenvalue weighted by Crippen LogP contribution is -2.36. The minimum Gasteiger partial charge on any atom is -0.330 e. The molecule has 0 aliphatic heterocycles. The lowest BCUT2D eigenvalue weighted by molar-refractivity contribution is 0.418. The van der Waals surface area contributed by atoms with Crippen LogP contribution in [0.4, 0.5) is 0 Å². The van der Waals surface area contributed by atoms with Gasteiger partial charge in [0.05, 0.1) is 0 Å². The van der Waals surface area contributed by atoms with E-state index in [9.17, 15) is 0 Å². The molecule has 0 aliphatic rings. The minimum atomic E-state index is 0.0506. The molecule has 1 atom stereocenters. The van der Waals surface area contributed by atoms with E-state index in [-0.39, 0.29) is 5.41 Å². The van der Waals surface area contributed by atoms with Gasteiger partial charge in [-0.2, -0.15) is 0 Å². The first-order chi connectivity index (χ1) is 9.20. The average molecular weight is 253 g/mol. The van der Waals surface area contributed by atoms with Crippen molar-refractivity contribution in [2.24, 2.45) is 5.73 Å². The van der Waals surface area contributed by atoms with E-state index in [0.29, 0.717) is 6.54 Å². The molecule has 2 aromatic carbocycles. The largest absolute Gasteiger partial charge is 0.330 e. The van der Waals surface area contributed by atoms with Gasteiger partial charge in [-0.3, -0.25) is 0 Å². The molecule has 0 saturated carbocycles. The molecule has 0 saturated heterocycles. The highest BCUT2D eigenvalue weighted by molar-refractivity contribution is 5.31. The van der Waals surface area contributed by atoms with Crippen molar-refractivity contribution in [3.63, 3.8) is 0 Å². The van der Waals surface area contributed by atoms with Crippen LogP contribution in [0.1, 0.15) is 30.0 Å². The van der Waals surface area contributed by atoms with E-state index in [2.05, 4.69) is 68.4 Å². The quantitative estimate of drug-likeness (QED) is 0.860. The summed E-state index contributed by atoms with van der Waals surface area (Å²) in [4.78, 5) is 0. The molecule has 0 bridgehead atoms. The Hall–Kier alpha value is -1.60. The van der Waals surface area contributed by atoms with Crippen LogP contribution in [-0.2, 0) is 11.8 Å². The van der Waals surface area contributed by atoms with Crippen LogP contribution >= 0.6 is 0 Å². The van der Waals surface area contributed by atoms with Gasteiger partial charge in [-0.15, -0.1) is 0 Å². The summed E-state index contributed by atoms with van der Waals surface area (Å²) in [6, 6.07) is 19.4. The summed E-state index contributed by atoms with van der Waals surface area (Å²) in [6.45, 7) is 5.05. The van der Waals surface area contributed by atoms with Crippen LogP contribution in [-0.4, -0.2) is 6.54 Å². The van der Waals surface area contributed by atoms with Gasteiger partial charge in [-0.25, -0.2) is 0 Å². The molecule has 0 fully saturated rings. The number of nitrogens with two attached hydrogens (primary N) is 1. The molecule has 100 valence electrons. The molecule has 2 N–H and O–H groups in total. The van der Waals surface area contributed by atoms with E-state index in [1.807, 2.05) is 0 Å². The molecule has 2 rings (SSSR count). The maximum absolute atomic E-state index is 6.14. The second kappa shape index (κ2) is 6.03. The Morgan fingerprint density at radius 2 is 1.74 bits per heavy atom. The third-order valence-corrected chi connectivity index (χ3v) is 4.08. The zero-order valence-electron chi connectivity index (χ0n) is 11.9. The fourth-order valence-electron chi connectivity index (χ4n) is 2.77. The van der Waals surface area contributed by atoms with Crippen molar-refractivity contribution in [1.29, 1.82) is 0 Å². The van der Waals surface area contributed by atoms with Gasteiger partial charge in [-0.1, -0.05) is 67.1 Å². The Balaban J connectivity index is 2.35. The van der Waals surface area contributed by atoms with Gasteiger partial charge in [0.1, 0.15) is 0 Å². The maximum atomic E-state index is 6.14. The zero-order chi connectivity index (χ0) is 13.7. The van der Waals surface area contributed by atoms with Crippen molar-refractivity contribution in [3.8, 4) is 0 Å². The maximum Gasteiger partial charge on any atom is 0.0113 e. The Morgan fingerprint density at radius 3 is 2.32 bits per heavy atom. The van der Waals surface area contributed by atoms with E-state index in [4.69, 9.17) is 5.73 Å². The van der Waals surface area contributed by atoms with Crippen molar-refractivity contribution in [1.82, 2.24) is 0 Å². The number of benzene rings is 2. The van der Waals surface area contributed by atoms with E-state index in [0.717, 1.165) is 12.8 Å². The van der Waals surface area contributed by atoms with Crippen LogP contribution in [0, 0.1) is 6.92 Å². The summed E-state index contributed by atoms with van der Waals surface area (Å²) in [6.07, 6.45) is 2.06. The highest BCUT2D eigenvalue weighted by Crippen LogP contribution is 2.31. The minimum absolute atomic E-state index is 0.0506. The second-order valence-electron chi connectivity index (χ2n) is 5.37. The summed E-state index contributed by atoms with van der Waals surface area (Å²) in [5, 5.41) is 0. The Kier molecular flexibility index (Phi) is 4.39. The Labute approximate surface area is 116 Å². The molecule has 0 spiro atoms. The predicted molar refractivity (Wildman–Crippen MR) is 82.3 cm³/mol. The number of rotatable bonds is 5. The Morgan fingerprint density at radius 1 is 1.00 bits per heavy atom. The molecule has 19 heavy (non-hydrogen) atoms. The van der Waals surface area contributed by atoms with Gasteiger partial charge in [0, 0.05) is 12.0 Å². The summed E-state index contributed by atoms with van der Waals surface area (Å²) in [5.41, 5.74) is 10.2. The molecule has 0 radical (unpaired) electrons. The van der Waals surface area contributed by atoms with Crippen LogP contribution < -0.4 is 5.73 Å². The van der Waals surface area contributed by atoms with Gasteiger partial charge >= 0.3 is 0 Å². The number of hydrogen-bond acceptors (Lipinski definition) is 1. The smallest absolute Gasteiger partial charge is 0.0113 e. The van der Waals surface area contributed by atoms with E-state index < -0.39 is 0 Å². The van der Waals surface area contributed by atoms with E-state index in [1.165, 1.54) is 16.7 Å². The molecule has 1 heteroatoms. The van der Waals surface area contributed by atoms with Crippen LogP contribution in [0.15, 0.2) is 54.6 Å². The van der Waals surface area contributed by atoms with Crippen molar-refractivity contribution in [2.75, 3.05) is 6.54 Å². The van der Waals surface area contributed by atoms with Crippen LogP contribution in [0.2, 0.25) is 0 Å². The SMILES string of the molecule is CCC(CN)(Cc1cccc(C)c1)c1ccccc1. The summed E-state index contributed by atoms with van der Waals surface area (Å²) in [5.74, 6) is 0. The first-order valence-corrected chi connectivity index (χ1v) is 7.01. The predicted octanol–water partition coefficient (Wildman–Crippen LogP) is 3.84. The summed E-state index contributed by atoms with van der Waals surface area (Å²) >= 11 is 0. The van der Waals surface area contributed by atoms with Crippen LogP contribution in [0.5, 0.6) is 0 Å². The lowest BCUT2D eigenvalue weighted by Gasteiger charge is -2.32. The van der Waals surface area contributed by atoms with Gasteiger partial charge in [-0.05, 0) is 30.9 Å². The molecular weight excluding hydrogens is 230 g/mol. The zero-order valence-corrected chi connectivity index (χ0v) is 11.9. The van der Waals surface area contributed by atoms with Gasteiger partial charge in [0.15, 0.2) is 0 Å². The Bertz CT molecular complexity index is 512. The highest BCUT2D eigenvalue weighted by Gasteiger charge is 2.28. The monoisotopic (exact) mass is 253 g/mol. The molecular formula is C18H23N.